The second kappa shape index (κ2) is 14.0. The molecule has 0 heterocycles. The first kappa shape index (κ1) is 9.18. The van der Waals surface area contributed by atoms with Gasteiger partial charge in [-0.25, -0.2) is 0 Å². The van der Waals surface area contributed by atoms with Gasteiger partial charge in [-0.05, 0) is 0 Å². The van der Waals surface area contributed by atoms with Crippen LogP contribution in [0.2, 0.25) is 0 Å². The molecule has 0 aliphatic heterocycles. The van der Waals surface area contributed by atoms with Gasteiger partial charge in [0.1, 0.15) is 0 Å². The predicted octanol–water partition coefficient (Wildman–Crippen LogP) is 0.517. The van der Waals surface area contributed by atoms with Crippen molar-refractivity contribution in [2.45, 2.75) is 0 Å². The average Bonchev–Trinajstić information content (AvgIpc) is 0.918. The molecule has 0 aromatic carbocycles. The van der Waals surface area contributed by atoms with Crippen LogP contribution in [0, 0.1) is 11.5 Å². The maximum atomic E-state index is 6.99. The quantitative estimate of drug-likeness (QED) is 0.321. The van der Waals surface area contributed by atoms with Crippen LogP contribution in [0.4, 0.5) is 0 Å². The number of hydrogen-bond acceptors (Lipinski definition) is 1. The minimum absolute atomic E-state index is 0. The van der Waals surface area contributed by atoms with Crippen LogP contribution < -0.4 is 0 Å². The molecule has 0 aliphatic rings. The Kier molecular flexibility index (Phi) is 32.2. The smallest absolute Gasteiger partial charge is 0 e. The minimum Gasteiger partial charge on any atom is -0.494 e. The summed E-state index contributed by atoms with van der Waals surface area (Å²) < 4.78 is 0. The second-order valence-electron chi connectivity index (χ2n) is 0.112. The summed E-state index contributed by atoms with van der Waals surface area (Å²) in [5, 5.41) is 6.99. The third kappa shape index (κ3) is 32.7. The molecule has 0 saturated heterocycles. The zero-order chi connectivity index (χ0) is 2.71. The monoisotopic (exact) mass is 96.9 g/mol. The Balaban J connectivity index is 0. The first-order chi connectivity index (χ1) is 1.41. The zero-order valence-corrected chi connectivity index (χ0v) is 2.90. The Bertz CT molecular complexity index is 27.5. The molecule has 0 bridgehead atoms. The molecule has 0 aliphatic carbocycles. The fourth-order valence-corrected chi connectivity index (χ4v) is 0. The van der Waals surface area contributed by atoms with Crippen molar-refractivity contribution in [1.29, 1.82) is 5.26 Å². The van der Waals surface area contributed by atoms with Gasteiger partial charge < -0.3 is 11.0 Å². The van der Waals surface area contributed by atoms with Crippen molar-refractivity contribution in [2.75, 3.05) is 0 Å². The molecule has 0 aromatic heterocycles. The fourth-order valence-electron chi connectivity index (χ4n) is 0. The molecule has 0 saturated carbocycles. The molecule has 0 atom stereocenters. The topological polar surface area (TPSA) is 47.6 Å². The first-order valence-corrected chi connectivity index (χ1v) is 0.474. The SMILES string of the molecule is N#C[NH-].[Fe]. The summed E-state index contributed by atoms with van der Waals surface area (Å²) in [5.41, 5.74) is 5.51. The van der Waals surface area contributed by atoms with Gasteiger partial charge in [-0.1, -0.05) is 6.19 Å². The Hall–Kier alpha value is -0.191. The van der Waals surface area contributed by atoms with Crippen LogP contribution in [0.25, 0.3) is 5.73 Å². The summed E-state index contributed by atoms with van der Waals surface area (Å²) in [6.45, 7) is 0. The molecule has 3 heteroatoms. The first-order valence-electron chi connectivity index (χ1n) is 0.474. The van der Waals surface area contributed by atoms with E-state index in [1.165, 1.54) is 0 Å². The van der Waals surface area contributed by atoms with Gasteiger partial charge in [0.25, 0.3) is 0 Å². The Morgan fingerprint density at radius 1 is 1.75 bits per heavy atom. The molecule has 0 rings (SSSR count). The Morgan fingerprint density at radius 3 is 1.75 bits per heavy atom. The third-order valence-corrected chi connectivity index (χ3v) is 0. The molecular formula is CHFeN2-. The van der Waals surface area contributed by atoms with Gasteiger partial charge in [0.05, 0.1) is 0 Å². The fraction of sp³-hybridized carbons (Fsp3) is 0. The molecule has 0 fully saturated rings. The van der Waals surface area contributed by atoms with Crippen LogP contribution in [0.1, 0.15) is 0 Å². The molecule has 0 unspecified atom stereocenters. The second-order valence-corrected chi connectivity index (χ2v) is 0.112. The molecular weight excluding hydrogens is 95.9 g/mol. The summed E-state index contributed by atoms with van der Waals surface area (Å²) >= 11 is 0. The van der Waals surface area contributed by atoms with E-state index in [9.17, 15) is 0 Å². The van der Waals surface area contributed by atoms with Crippen molar-refractivity contribution in [3.63, 3.8) is 0 Å². The molecule has 0 aromatic rings. The number of nitriles is 1. The van der Waals surface area contributed by atoms with Gasteiger partial charge in [0.2, 0.25) is 0 Å². The van der Waals surface area contributed by atoms with Crippen molar-refractivity contribution in [3.05, 3.63) is 5.73 Å². The van der Waals surface area contributed by atoms with Crippen molar-refractivity contribution < 1.29 is 17.1 Å². The predicted molar refractivity (Wildman–Crippen MR) is 9.93 cm³/mol. The van der Waals surface area contributed by atoms with Crippen LogP contribution in [0.5, 0.6) is 0 Å². The summed E-state index contributed by atoms with van der Waals surface area (Å²) in [5.74, 6) is 0. The summed E-state index contributed by atoms with van der Waals surface area (Å²) in [6.07, 6.45) is 1.00. The van der Waals surface area contributed by atoms with Gasteiger partial charge in [-0.2, -0.15) is 0 Å². The van der Waals surface area contributed by atoms with E-state index >= 15 is 0 Å². The largest absolute Gasteiger partial charge is 0.494 e. The average molecular weight is 96.9 g/mol. The van der Waals surface area contributed by atoms with Crippen LogP contribution in [0.15, 0.2) is 0 Å². The van der Waals surface area contributed by atoms with Gasteiger partial charge in [-0.15, -0.1) is 0 Å². The van der Waals surface area contributed by atoms with Crippen molar-refractivity contribution in [1.82, 2.24) is 0 Å². The molecule has 1 N–H and O–H groups in total. The van der Waals surface area contributed by atoms with E-state index in [1.54, 1.807) is 0 Å². The standard InChI is InChI=1S/CHN2.Fe/c2-1-3;/h2H;/q-1;. The van der Waals surface area contributed by atoms with Crippen LogP contribution >= 0.6 is 0 Å². The molecule has 0 spiro atoms. The normalized spacial score (nSPS) is 1.75. The number of nitrogens with zero attached hydrogens (tertiary/aromatic N) is 1. The van der Waals surface area contributed by atoms with Gasteiger partial charge in [-0.3, -0.25) is 0 Å². The van der Waals surface area contributed by atoms with Gasteiger partial charge in [0.15, 0.2) is 0 Å². The summed E-state index contributed by atoms with van der Waals surface area (Å²) in [6, 6.07) is 0. The number of hydrogen-bond donors (Lipinski definition) is 0. The summed E-state index contributed by atoms with van der Waals surface area (Å²) in [7, 11) is 0. The van der Waals surface area contributed by atoms with E-state index in [4.69, 9.17) is 11.0 Å². The molecule has 2 nitrogen and oxygen atoms in total. The van der Waals surface area contributed by atoms with Crippen molar-refractivity contribution in [2.24, 2.45) is 0 Å². The third-order valence-electron chi connectivity index (χ3n) is 0. The van der Waals surface area contributed by atoms with E-state index in [0.717, 1.165) is 6.19 Å². The van der Waals surface area contributed by atoms with E-state index in [0.29, 0.717) is 0 Å². The molecule has 0 radical (unpaired) electrons. The van der Waals surface area contributed by atoms with E-state index in [1.807, 2.05) is 0 Å². The Morgan fingerprint density at radius 2 is 1.75 bits per heavy atom. The van der Waals surface area contributed by atoms with E-state index < -0.39 is 0 Å². The van der Waals surface area contributed by atoms with Crippen LogP contribution in [0.3, 0.4) is 0 Å². The molecule has 4 heavy (non-hydrogen) atoms. The van der Waals surface area contributed by atoms with Crippen molar-refractivity contribution in [3.8, 4) is 6.19 Å². The Labute approximate surface area is 35.1 Å². The number of nitrogens with one attached hydrogen (secondary N) is 1. The van der Waals surface area contributed by atoms with Crippen molar-refractivity contribution >= 4 is 0 Å². The van der Waals surface area contributed by atoms with Crippen LogP contribution in [-0.4, -0.2) is 0 Å². The van der Waals surface area contributed by atoms with E-state index in [-0.39, 0.29) is 17.1 Å². The maximum absolute atomic E-state index is 6.99. The molecule has 0 amide bonds. The van der Waals surface area contributed by atoms with E-state index in [2.05, 4.69) is 0 Å². The van der Waals surface area contributed by atoms with Gasteiger partial charge >= 0.3 is 0 Å². The summed E-state index contributed by atoms with van der Waals surface area (Å²) in [4.78, 5) is 0. The van der Waals surface area contributed by atoms with Crippen LogP contribution in [-0.2, 0) is 17.1 Å². The van der Waals surface area contributed by atoms with Gasteiger partial charge in [0, 0.05) is 17.1 Å². The zero-order valence-electron chi connectivity index (χ0n) is 1.80. The maximum Gasteiger partial charge on any atom is 0 e. The molecule has 24 valence electrons. The number of rotatable bonds is 0. The minimum atomic E-state index is 0.